The fraction of sp³-hybridized carbons (Fsp3) is 0.400. The van der Waals surface area contributed by atoms with Crippen LogP contribution in [0.4, 0.5) is 4.39 Å². The van der Waals surface area contributed by atoms with E-state index in [4.69, 9.17) is 5.73 Å². The maximum atomic E-state index is 12.8. The summed E-state index contributed by atoms with van der Waals surface area (Å²) in [5.74, 6) is -0.286. The number of carbonyl (C=O) groups is 1. The van der Waals surface area contributed by atoms with E-state index >= 15 is 0 Å². The van der Waals surface area contributed by atoms with Gasteiger partial charge in [-0.15, -0.1) is 0 Å². The molecule has 1 aliphatic rings. The Hall–Kier alpha value is -1.68. The largest absolute Gasteiger partial charge is 0.336 e. The minimum absolute atomic E-state index is 0.0104. The maximum absolute atomic E-state index is 12.8. The minimum atomic E-state index is -0.276. The number of halogens is 1. The van der Waals surface area contributed by atoms with Crippen molar-refractivity contribution in [3.05, 3.63) is 41.7 Å². The number of nitrogens with two attached hydrogens (primary N) is 1. The van der Waals surface area contributed by atoms with Crippen LogP contribution in [-0.4, -0.2) is 29.4 Å². The summed E-state index contributed by atoms with van der Waals surface area (Å²) in [5, 5.41) is 0. The predicted molar refractivity (Wildman–Crippen MR) is 73.8 cm³/mol. The first-order chi connectivity index (χ1) is 9.06. The van der Waals surface area contributed by atoms with Crippen molar-refractivity contribution in [3.63, 3.8) is 0 Å². The molecule has 4 heteroatoms. The zero-order valence-electron chi connectivity index (χ0n) is 11.1. The van der Waals surface area contributed by atoms with Crippen LogP contribution in [0.15, 0.2) is 30.3 Å². The summed E-state index contributed by atoms with van der Waals surface area (Å²) in [6, 6.07) is 6.43. The van der Waals surface area contributed by atoms with Crippen LogP contribution in [0.3, 0.4) is 0 Å². The molecule has 0 spiro atoms. The topological polar surface area (TPSA) is 46.3 Å². The van der Waals surface area contributed by atoms with Crippen molar-refractivity contribution >= 4 is 12.0 Å². The van der Waals surface area contributed by atoms with Crippen molar-refractivity contribution in [2.75, 3.05) is 6.54 Å². The fourth-order valence-corrected chi connectivity index (χ4v) is 2.37. The van der Waals surface area contributed by atoms with Gasteiger partial charge in [0.05, 0.1) is 0 Å². The molecule has 2 N–H and O–H groups in total. The van der Waals surface area contributed by atoms with E-state index in [-0.39, 0.29) is 23.8 Å². The van der Waals surface area contributed by atoms with E-state index in [1.165, 1.54) is 12.1 Å². The van der Waals surface area contributed by atoms with Crippen LogP contribution in [0.25, 0.3) is 6.08 Å². The van der Waals surface area contributed by atoms with Crippen molar-refractivity contribution in [2.24, 2.45) is 5.73 Å². The summed E-state index contributed by atoms with van der Waals surface area (Å²) in [7, 11) is 0. The number of carbonyl (C=O) groups excluding carboxylic acids is 1. The van der Waals surface area contributed by atoms with Crippen LogP contribution in [0, 0.1) is 5.82 Å². The Morgan fingerprint density at radius 1 is 1.42 bits per heavy atom. The second-order valence-electron chi connectivity index (χ2n) is 5.05. The lowest BCUT2D eigenvalue weighted by molar-refractivity contribution is -0.129. The molecule has 2 unspecified atom stereocenters. The van der Waals surface area contributed by atoms with Gasteiger partial charge < -0.3 is 10.6 Å². The molecule has 102 valence electrons. The van der Waals surface area contributed by atoms with Crippen molar-refractivity contribution < 1.29 is 9.18 Å². The molecule has 1 aromatic rings. The van der Waals surface area contributed by atoms with Gasteiger partial charge in [-0.1, -0.05) is 12.1 Å². The lowest BCUT2D eigenvalue weighted by atomic mass is 9.99. The molecule has 0 aromatic heterocycles. The van der Waals surface area contributed by atoms with E-state index in [1.54, 1.807) is 24.3 Å². The monoisotopic (exact) mass is 262 g/mol. The summed E-state index contributed by atoms with van der Waals surface area (Å²) in [5.41, 5.74) is 6.69. The second-order valence-corrected chi connectivity index (χ2v) is 5.05. The molecule has 1 saturated heterocycles. The standard InChI is InChI=1S/C15H19FN2O/c1-11-10-14(17)8-9-18(11)15(19)7-4-12-2-5-13(16)6-3-12/h2-7,11,14H,8-10,17H2,1H3/b7-4+. The maximum Gasteiger partial charge on any atom is 0.246 e. The molecular weight excluding hydrogens is 243 g/mol. The average molecular weight is 262 g/mol. The Morgan fingerprint density at radius 2 is 2.11 bits per heavy atom. The van der Waals surface area contributed by atoms with E-state index < -0.39 is 0 Å². The number of piperidine rings is 1. The first-order valence-electron chi connectivity index (χ1n) is 6.56. The lowest BCUT2D eigenvalue weighted by Gasteiger charge is -2.35. The SMILES string of the molecule is CC1CC(N)CCN1C(=O)/C=C/c1ccc(F)cc1. The van der Waals surface area contributed by atoms with Crippen molar-refractivity contribution in [3.8, 4) is 0 Å². The van der Waals surface area contributed by atoms with Gasteiger partial charge in [0, 0.05) is 24.7 Å². The molecule has 1 amide bonds. The lowest BCUT2D eigenvalue weighted by Crippen LogP contribution is -2.47. The Morgan fingerprint density at radius 3 is 2.74 bits per heavy atom. The van der Waals surface area contributed by atoms with E-state index in [2.05, 4.69) is 0 Å². The van der Waals surface area contributed by atoms with Crippen LogP contribution in [0.2, 0.25) is 0 Å². The van der Waals surface area contributed by atoms with Gasteiger partial charge in [-0.3, -0.25) is 4.79 Å². The van der Waals surface area contributed by atoms with Gasteiger partial charge in [-0.25, -0.2) is 4.39 Å². The van der Waals surface area contributed by atoms with Crippen LogP contribution in [-0.2, 0) is 4.79 Å². The quantitative estimate of drug-likeness (QED) is 0.830. The molecule has 0 aliphatic carbocycles. The summed E-state index contributed by atoms with van der Waals surface area (Å²) >= 11 is 0. The average Bonchev–Trinajstić information content (AvgIpc) is 2.37. The molecule has 1 fully saturated rings. The van der Waals surface area contributed by atoms with E-state index in [0.29, 0.717) is 6.54 Å². The minimum Gasteiger partial charge on any atom is -0.336 e. The zero-order valence-corrected chi connectivity index (χ0v) is 11.1. The summed E-state index contributed by atoms with van der Waals surface area (Å²) in [6.45, 7) is 2.72. The normalized spacial score (nSPS) is 23.8. The van der Waals surface area contributed by atoms with E-state index in [1.807, 2.05) is 11.8 Å². The molecule has 19 heavy (non-hydrogen) atoms. The third kappa shape index (κ3) is 3.64. The molecule has 1 aromatic carbocycles. The molecule has 0 radical (unpaired) electrons. The van der Waals surface area contributed by atoms with Crippen LogP contribution in [0.5, 0.6) is 0 Å². The molecular formula is C15H19FN2O. The van der Waals surface area contributed by atoms with Gasteiger partial charge in [0.1, 0.15) is 5.82 Å². The Bertz CT molecular complexity index is 470. The number of rotatable bonds is 2. The third-order valence-corrected chi connectivity index (χ3v) is 3.49. The third-order valence-electron chi connectivity index (χ3n) is 3.49. The second kappa shape index (κ2) is 5.97. The van der Waals surface area contributed by atoms with E-state index in [9.17, 15) is 9.18 Å². The Kier molecular flexibility index (Phi) is 4.32. The van der Waals surface area contributed by atoms with Gasteiger partial charge in [-0.2, -0.15) is 0 Å². The highest BCUT2D eigenvalue weighted by Crippen LogP contribution is 2.16. The van der Waals surface area contributed by atoms with Crippen LogP contribution >= 0.6 is 0 Å². The molecule has 2 rings (SSSR count). The number of hydrogen-bond acceptors (Lipinski definition) is 2. The molecule has 1 heterocycles. The van der Waals surface area contributed by atoms with Crippen molar-refractivity contribution in [1.82, 2.24) is 4.90 Å². The number of likely N-dealkylation sites (tertiary alicyclic amines) is 1. The fourth-order valence-electron chi connectivity index (χ4n) is 2.37. The highest BCUT2D eigenvalue weighted by molar-refractivity contribution is 5.92. The van der Waals surface area contributed by atoms with Crippen LogP contribution in [0.1, 0.15) is 25.3 Å². The molecule has 0 bridgehead atoms. The van der Waals surface area contributed by atoms with Gasteiger partial charge in [0.25, 0.3) is 0 Å². The summed E-state index contributed by atoms with van der Waals surface area (Å²) < 4.78 is 12.8. The van der Waals surface area contributed by atoms with Crippen LogP contribution < -0.4 is 5.73 Å². The van der Waals surface area contributed by atoms with Gasteiger partial charge in [0.15, 0.2) is 0 Å². The number of amides is 1. The number of benzene rings is 1. The molecule has 3 nitrogen and oxygen atoms in total. The van der Waals surface area contributed by atoms with Crippen molar-refractivity contribution in [2.45, 2.75) is 31.8 Å². The predicted octanol–water partition coefficient (Wildman–Crippen LogP) is 2.18. The highest BCUT2D eigenvalue weighted by atomic mass is 19.1. The van der Waals surface area contributed by atoms with Gasteiger partial charge in [-0.05, 0) is 43.5 Å². The summed E-state index contributed by atoms with van der Waals surface area (Å²) in [4.78, 5) is 13.9. The molecule has 2 atom stereocenters. The summed E-state index contributed by atoms with van der Waals surface area (Å²) in [6.07, 6.45) is 4.94. The highest BCUT2D eigenvalue weighted by Gasteiger charge is 2.25. The number of nitrogens with zero attached hydrogens (tertiary/aromatic N) is 1. The Balaban J connectivity index is 1.98. The van der Waals surface area contributed by atoms with Crippen molar-refractivity contribution in [1.29, 1.82) is 0 Å². The first kappa shape index (κ1) is 13.7. The van der Waals surface area contributed by atoms with Gasteiger partial charge in [0.2, 0.25) is 5.91 Å². The first-order valence-corrected chi connectivity index (χ1v) is 6.56. The smallest absolute Gasteiger partial charge is 0.246 e. The van der Waals surface area contributed by atoms with E-state index in [0.717, 1.165) is 18.4 Å². The molecule has 0 saturated carbocycles. The zero-order chi connectivity index (χ0) is 13.8. The molecule has 1 aliphatic heterocycles. The van der Waals surface area contributed by atoms with Gasteiger partial charge >= 0.3 is 0 Å². The Labute approximate surface area is 112 Å². The number of hydrogen-bond donors (Lipinski definition) is 1.